The predicted molar refractivity (Wildman–Crippen MR) is 101 cm³/mol. The second-order valence-electron chi connectivity index (χ2n) is 4.89. The minimum absolute atomic E-state index is 0.00359. The van der Waals surface area contributed by atoms with E-state index in [1.165, 1.54) is 10.6 Å². The number of hydrogen-bond acceptors (Lipinski definition) is 5. The van der Waals surface area contributed by atoms with Gasteiger partial charge in [0.05, 0.1) is 4.53 Å². The van der Waals surface area contributed by atoms with Gasteiger partial charge in [0.25, 0.3) is 5.56 Å². The Kier molecular flexibility index (Phi) is 6.51. The lowest BCUT2D eigenvalue weighted by Gasteiger charge is -2.00. The van der Waals surface area contributed by atoms with E-state index < -0.39 is 5.97 Å². The lowest BCUT2D eigenvalue weighted by Crippen LogP contribution is -2.32. The third kappa shape index (κ3) is 4.35. The molecule has 0 aliphatic carbocycles. The quantitative estimate of drug-likeness (QED) is 0.549. The van der Waals surface area contributed by atoms with E-state index in [9.17, 15) is 14.9 Å². The molecule has 1 aromatic carbocycles. The van der Waals surface area contributed by atoms with Crippen LogP contribution in [0.4, 0.5) is 0 Å². The topological polar surface area (TPSA) is 72.1 Å². The van der Waals surface area contributed by atoms with Crippen molar-refractivity contribution in [1.82, 2.24) is 4.57 Å². The number of carbonyl (C=O) groups is 1. The van der Waals surface area contributed by atoms with E-state index in [-0.39, 0.29) is 17.7 Å². The Labute approximate surface area is 156 Å². The summed E-state index contributed by atoms with van der Waals surface area (Å²) in [6.45, 7) is 5.60. The van der Waals surface area contributed by atoms with Crippen LogP contribution >= 0.6 is 27.3 Å². The normalized spacial score (nSPS) is 12.4. The highest BCUT2D eigenvalue weighted by Gasteiger charge is 2.16. The maximum atomic E-state index is 12.6. The number of carbonyl (C=O) groups excluding carboxylic acids is 1. The number of benzene rings is 1. The first-order valence-electron chi connectivity index (χ1n) is 7.41. The highest BCUT2D eigenvalue weighted by molar-refractivity contribution is 9.10. The van der Waals surface area contributed by atoms with Crippen LogP contribution in [0.1, 0.15) is 12.5 Å². The van der Waals surface area contributed by atoms with Crippen molar-refractivity contribution in [2.75, 3.05) is 6.61 Å². The zero-order chi connectivity index (χ0) is 18.4. The molecule has 7 heteroatoms. The molecule has 2 rings (SSSR count). The summed E-state index contributed by atoms with van der Waals surface area (Å²) >= 11 is 4.46. The van der Waals surface area contributed by atoms with E-state index in [4.69, 9.17) is 4.74 Å². The van der Waals surface area contributed by atoms with E-state index in [0.717, 1.165) is 21.4 Å². The van der Waals surface area contributed by atoms with Crippen LogP contribution in [-0.2, 0) is 16.1 Å². The average molecular weight is 419 g/mol. The Morgan fingerprint density at radius 3 is 2.68 bits per heavy atom. The Morgan fingerprint density at radius 2 is 2.12 bits per heavy atom. The molecule has 5 nitrogen and oxygen atoms in total. The van der Waals surface area contributed by atoms with Gasteiger partial charge in [-0.1, -0.05) is 40.7 Å². The molecule has 0 bridgehead atoms. The largest absolute Gasteiger partial charge is 0.457 e. The second-order valence-corrected chi connectivity index (χ2v) is 6.84. The lowest BCUT2D eigenvalue weighted by molar-refractivity contribution is -0.135. The number of rotatable bonds is 5. The number of nitrogens with zero attached hydrogens (tertiary/aromatic N) is 2. The van der Waals surface area contributed by atoms with Gasteiger partial charge in [0, 0.05) is 11.0 Å². The van der Waals surface area contributed by atoms with Crippen LogP contribution in [0.5, 0.6) is 0 Å². The molecule has 0 aliphatic heterocycles. The van der Waals surface area contributed by atoms with Crippen molar-refractivity contribution in [2.24, 2.45) is 0 Å². The number of thiazole rings is 1. The molecular weight excluding hydrogens is 404 g/mol. The first-order chi connectivity index (χ1) is 12.0. The van der Waals surface area contributed by atoms with Crippen molar-refractivity contribution in [3.8, 4) is 6.07 Å². The van der Waals surface area contributed by atoms with Gasteiger partial charge in [0.15, 0.2) is 5.57 Å². The van der Waals surface area contributed by atoms with Gasteiger partial charge in [-0.3, -0.25) is 9.36 Å². The smallest absolute Gasteiger partial charge is 0.352 e. The molecule has 0 fully saturated rings. The molecule has 0 aliphatic rings. The van der Waals surface area contributed by atoms with E-state index in [1.807, 2.05) is 30.3 Å². The molecule has 2 aromatic rings. The van der Waals surface area contributed by atoms with Crippen molar-refractivity contribution >= 4 is 44.9 Å². The van der Waals surface area contributed by atoms with Crippen LogP contribution < -0.4 is 14.8 Å². The monoisotopic (exact) mass is 418 g/mol. The van der Waals surface area contributed by atoms with Crippen LogP contribution in [0, 0.1) is 11.3 Å². The fraction of sp³-hybridized carbons (Fsp3) is 0.167. The molecule has 0 unspecified atom stereocenters. The number of nitriles is 1. The highest BCUT2D eigenvalue weighted by Crippen LogP contribution is 2.10. The van der Waals surface area contributed by atoms with Gasteiger partial charge in [-0.15, -0.1) is 11.3 Å². The van der Waals surface area contributed by atoms with Crippen molar-refractivity contribution in [3.63, 3.8) is 0 Å². The summed E-state index contributed by atoms with van der Waals surface area (Å²) in [6.07, 6.45) is 3.15. The number of aromatic nitrogens is 1. The van der Waals surface area contributed by atoms with Gasteiger partial charge >= 0.3 is 5.97 Å². The van der Waals surface area contributed by atoms with E-state index in [2.05, 4.69) is 22.5 Å². The fourth-order valence-electron chi connectivity index (χ4n) is 2.09. The average Bonchev–Trinajstić information content (AvgIpc) is 2.91. The Balaban J connectivity index is 2.68. The van der Waals surface area contributed by atoms with E-state index in [1.54, 1.807) is 13.0 Å². The van der Waals surface area contributed by atoms with Crippen molar-refractivity contribution in [3.05, 3.63) is 66.5 Å². The molecule has 0 saturated carbocycles. The fourth-order valence-corrected chi connectivity index (χ4v) is 3.51. The van der Waals surface area contributed by atoms with Crippen molar-refractivity contribution in [1.29, 1.82) is 5.26 Å². The van der Waals surface area contributed by atoms with Crippen LogP contribution in [0.2, 0.25) is 0 Å². The molecule has 25 heavy (non-hydrogen) atoms. The third-order valence-electron chi connectivity index (χ3n) is 3.25. The van der Waals surface area contributed by atoms with Crippen LogP contribution in [0.15, 0.2) is 46.2 Å². The van der Waals surface area contributed by atoms with E-state index in [0.29, 0.717) is 15.7 Å². The van der Waals surface area contributed by atoms with Gasteiger partial charge in [0.1, 0.15) is 17.3 Å². The van der Waals surface area contributed by atoms with Crippen molar-refractivity contribution < 1.29 is 9.53 Å². The van der Waals surface area contributed by atoms with Crippen LogP contribution in [0.3, 0.4) is 0 Å². The summed E-state index contributed by atoms with van der Waals surface area (Å²) in [6, 6.07) is 9.33. The number of halogens is 1. The predicted octanol–water partition coefficient (Wildman–Crippen LogP) is 1.92. The molecule has 1 heterocycles. The highest BCUT2D eigenvalue weighted by atomic mass is 79.9. The molecular formula is C18H15BrN2O3S. The maximum absolute atomic E-state index is 12.6. The molecule has 0 spiro atoms. The molecule has 0 atom stereocenters. The molecule has 0 saturated heterocycles. The van der Waals surface area contributed by atoms with Crippen molar-refractivity contribution in [2.45, 2.75) is 13.5 Å². The standard InChI is InChI=1S/C18H15BrN2O3S/c1-3-9-24-18(23)14(11-20)17-21(4-2)16(22)15(25-17)10-12-5-7-13(19)8-6-12/h3,5-8,10H,1,4,9H2,2H3. The summed E-state index contributed by atoms with van der Waals surface area (Å²) in [4.78, 5) is 24.7. The molecule has 128 valence electrons. The first kappa shape index (κ1) is 18.9. The summed E-state index contributed by atoms with van der Waals surface area (Å²) in [5.74, 6) is -0.763. The molecule has 0 radical (unpaired) electrons. The summed E-state index contributed by atoms with van der Waals surface area (Å²) in [5, 5.41) is 9.35. The van der Waals surface area contributed by atoms with Crippen LogP contribution in [-0.4, -0.2) is 17.1 Å². The lowest BCUT2D eigenvalue weighted by atomic mass is 10.2. The summed E-state index contributed by atoms with van der Waals surface area (Å²) < 4.78 is 8.03. The first-order valence-corrected chi connectivity index (χ1v) is 9.02. The number of hydrogen-bond donors (Lipinski definition) is 0. The van der Waals surface area contributed by atoms with Gasteiger partial charge in [0.2, 0.25) is 0 Å². The van der Waals surface area contributed by atoms with Gasteiger partial charge in [-0.05, 0) is 30.7 Å². The van der Waals surface area contributed by atoms with Gasteiger partial charge < -0.3 is 4.74 Å². The van der Waals surface area contributed by atoms with Crippen LogP contribution in [0.25, 0.3) is 11.6 Å². The third-order valence-corrected chi connectivity index (χ3v) is 4.91. The van der Waals surface area contributed by atoms with Gasteiger partial charge in [-0.2, -0.15) is 5.26 Å². The molecule has 0 amide bonds. The molecule has 0 N–H and O–H groups in total. The van der Waals surface area contributed by atoms with Gasteiger partial charge in [-0.25, -0.2) is 4.79 Å². The Bertz CT molecular complexity index is 1010. The zero-order valence-electron chi connectivity index (χ0n) is 13.5. The Morgan fingerprint density at radius 1 is 1.44 bits per heavy atom. The Hall–Kier alpha value is -2.43. The molecule has 1 aromatic heterocycles. The number of ether oxygens (including phenoxy) is 1. The SMILES string of the molecule is C=CCOC(=O)C(C#N)=c1sc(=Cc2ccc(Br)cc2)c(=O)n1CC. The number of esters is 1. The van der Waals surface area contributed by atoms with E-state index >= 15 is 0 Å². The summed E-state index contributed by atoms with van der Waals surface area (Å²) in [7, 11) is 0. The zero-order valence-corrected chi connectivity index (χ0v) is 15.9. The minimum atomic E-state index is -0.763. The summed E-state index contributed by atoms with van der Waals surface area (Å²) in [5.41, 5.74) is 0.431. The maximum Gasteiger partial charge on any atom is 0.352 e. The second kappa shape index (κ2) is 8.60. The minimum Gasteiger partial charge on any atom is -0.457 e.